The van der Waals surface area contributed by atoms with Crippen molar-refractivity contribution in [1.82, 2.24) is 9.80 Å². The normalized spacial score (nSPS) is 24.9. The molecule has 1 heterocycles. The SMILES string of the molecule is CCN1CCN(C(C)C(C)CN)CC1. The van der Waals surface area contributed by atoms with Crippen LogP contribution in [0.25, 0.3) is 0 Å². The molecule has 0 amide bonds. The van der Waals surface area contributed by atoms with Gasteiger partial charge in [0.1, 0.15) is 0 Å². The first-order valence-corrected chi connectivity index (χ1v) is 5.85. The maximum atomic E-state index is 5.70. The lowest BCUT2D eigenvalue weighted by Gasteiger charge is -2.39. The summed E-state index contributed by atoms with van der Waals surface area (Å²) in [6.07, 6.45) is 0. The fourth-order valence-electron chi connectivity index (χ4n) is 2.04. The summed E-state index contributed by atoms with van der Waals surface area (Å²) in [5.74, 6) is 0.614. The molecule has 2 atom stereocenters. The van der Waals surface area contributed by atoms with E-state index in [1.807, 2.05) is 0 Å². The molecule has 0 aromatic heterocycles. The fraction of sp³-hybridized carbons (Fsp3) is 1.00. The number of hydrogen-bond donors (Lipinski definition) is 1. The van der Waals surface area contributed by atoms with Crippen molar-refractivity contribution in [2.45, 2.75) is 26.8 Å². The molecule has 1 aliphatic rings. The number of hydrogen-bond acceptors (Lipinski definition) is 3. The van der Waals surface area contributed by atoms with Crippen molar-refractivity contribution >= 4 is 0 Å². The molecular weight excluding hydrogens is 174 g/mol. The van der Waals surface area contributed by atoms with Gasteiger partial charge in [-0.05, 0) is 25.9 Å². The van der Waals surface area contributed by atoms with Gasteiger partial charge in [-0.25, -0.2) is 0 Å². The van der Waals surface area contributed by atoms with Crippen LogP contribution in [0.2, 0.25) is 0 Å². The van der Waals surface area contributed by atoms with E-state index in [0.29, 0.717) is 12.0 Å². The third-order valence-corrected chi connectivity index (χ3v) is 3.63. The second-order valence-electron chi connectivity index (χ2n) is 4.42. The molecule has 3 nitrogen and oxygen atoms in total. The van der Waals surface area contributed by atoms with Crippen LogP contribution < -0.4 is 5.73 Å². The van der Waals surface area contributed by atoms with Gasteiger partial charge in [0.15, 0.2) is 0 Å². The lowest BCUT2D eigenvalue weighted by atomic mass is 10.0. The Labute approximate surface area is 88.2 Å². The van der Waals surface area contributed by atoms with E-state index in [0.717, 1.165) is 6.54 Å². The maximum Gasteiger partial charge on any atom is 0.0113 e. The van der Waals surface area contributed by atoms with Gasteiger partial charge in [-0.15, -0.1) is 0 Å². The highest BCUT2D eigenvalue weighted by atomic mass is 15.3. The molecule has 1 fully saturated rings. The topological polar surface area (TPSA) is 32.5 Å². The van der Waals surface area contributed by atoms with Gasteiger partial charge in [-0.2, -0.15) is 0 Å². The van der Waals surface area contributed by atoms with Crippen LogP contribution in [-0.4, -0.2) is 55.1 Å². The van der Waals surface area contributed by atoms with E-state index in [-0.39, 0.29) is 0 Å². The Kier molecular flexibility index (Phi) is 4.85. The number of nitrogens with two attached hydrogens (primary N) is 1. The Morgan fingerprint density at radius 2 is 1.71 bits per heavy atom. The van der Waals surface area contributed by atoms with E-state index in [9.17, 15) is 0 Å². The lowest BCUT2D eigenvalue weighted by molar-refractivity contribution is 0.0851. The van der Waals surface area contributed by atoms with E-state index >= 15 is 0 Å². The summed E-state index contributed by atoms with van der Waals surface area (Å²) >= 11 is 0. The maximum absolute atomic E-state index is 5.70. The molecule has 1 saturated heterocycles. The van der Waals surface area contributed by atoms with E-state index in [1.54, 1.807) is 0 Å². The first-order valence-electron chi connectivity index (χ1n) is 5.85. The van der Waals surface area contributed by atoms with Crippen molar-refractivity contribution in [3.8, 4) is 0 Å². The van der Waals surface area contributed by atoms with Crippen molar-refractivity contribution in [2.75, 3.05) is 39.3 Å². The van der Waals surface area contributed by atoms with Gasteiger partial charge < -0.3 is 10.6 Å². The molecule has 14 heavy (non-hydrogen) atoms. The quantitative estimate of drug-likeness (QED) is 0.720. The Balaban J connectivity index is 2.33. The smallest absolute Gasteiger partial charge is 0.0113 e. The van der Waals surface area contributed by atoms with Crippen molar-refractivity contribution in [3.05, 3.63) is 0 Å². The van der Waals surface area contributed by atoms with Crippen LogP contribution in [0, 0.1) is 5.92 Å². The highest BCUT2D eigenvalue weighted by molar-refractivity contribution is 4.78. The van der Waals surface area contributed by atoms with Gasteiger partial charge >= 0.3 is 0 Å². The summed E-state index contributed by atoms with van der Waals surface area (Å²) in [6.45, 7) is 13.6. The third-order valence-electron chi connectivity index (χ3n) is 3.63. The first-order chi connectivity index (χ1) is 6.69. The summed E-state index contributed by atoms with van der Waals surface area (Å²) in [5, 5.41) is 0. The Bertz CT molecular complexity index is 153. The second-order valence-corrected chi connectivity index (χ2v) is 4.42. The van der Waals surface area contributed by atoms with Crippen LogP contribution >= 0.6 is 0 Å². The van der Waals surface area contributed by atoms with E-state index in [4.69, 9.17) is 5.73 Å². The number of likely N-dealkylation sites (N-methyl/N-ethyl adjacent to an activating group) is 1. The minimum atomic E-state index is 0.614. The summed E-state index contributed by atoms with van der Waals surface area (Å²) in [4.78, 5) is 5.08. The summed E-state index contributed by atoms with van der Waals surface area (Å²) < 4.78 is 0. The van der Waals surface area contributed by atoms with Crippen molar-refractivity contribution in [2.24, 2.45) is 11.7 Å². The van der Waals surface area contributed by atoms with Gasteiger partial charge in [0.05, 0.1) is 0 Å². The van der Waals surface area contributed by atoms with Crippen LogP contribution in [0.3, 0.4) is 0 Å². The highest BCUT2D eigenvalue weighted by Gasteiger charge is 2.22. The van der Waals surface area contributed by atoms with Crippen molar-refractivity contribution in [1.29, 1.82) is 0 Å². The largest absolute Gasteiger partial charge is 0.330 e. The Hall–Kier alpha value is -0.120. The molecule has 0 aromatic carbocycles. The zero-order chi connectivity index (χ0) is 10.6. The number of piperazine rings is 1. The molecule has 2 unspecified atom stereocenters. The fourth-order valence-corrected chi connectivity index (χ4v) is 2.04. The molecule has 84 valence electrons. The second kappa shape index (κ2) is 5.69. The molecule has 0 radical (unpaired) electrons. The first kappa shape index (κ1) is 12.0. The molecule has 0 saturated carbocycles. The Morgan fingerprint density at radius 1 is 1.14 bits per heavy atom. The molecular formula is C11H25N3. The standard InChI is InChI=1S/C11H25N3/c1-4-13-5-7-14(8-6-13)11(3)10(2)9-12/h10-11H,4-9,12H2,1-3H3. The molecule has 3 heteroatoms. The molecule has 1 aliphatic heterocycles. The summed E-state index contributed by atoms with van der Waals surface area (Å²) in [5.41, 5.74) is 5.70. The van der Waals surface area contributed by atoms with Crippen LogP contribution in [0.1, 0.15) is 20.8 Å². The van der Waals surface area contributed by atoms with Gasteiger partial charge in [0, 0.05) is 32.2 Å². The van der Waals surface area contributed by atoms with E-state index in [1.165, 1.54) is 32.7 Å². The minimum absolute atomic E-state index is 0.614. The van der Waals surface area contributed by atoms with Crippen LogP contribution in [-0.2, 0) is 0 Å². The zero-order valence-corrected chi connectivity index (χ0v) is 9.87. The van der Waals surface area contributed by atoms with Crippen LogP contribution in [0.5, 0.6) is 0 Å². The predicted octanol–water partition coefficient (Wildman–Crippen LogP) is 0.607. The van der Waals surface area contributed by atoms with Crippen LogP contribution in [0.15, 0.2) is 0 Å². The average molecular weight is 199 g/mol. The summed E-state index contributed by atoms with van der Waals surface area (Å²) in [6, 6.07) is 0.638. The van der Waals surface area contributed by atoms with Crippen LogP contribution in [0.4, 0.5) is 0 Å². The number of nitrogens with zero attached hydrogens (tertiary/aromatic N) is 2. The zero-order valence-electron chi connectivity index (χ0n) is 9.87. The predicted molar refractivity (Wildman–Crippen MR) is 61.4 cm³/mol. The number of rotatable bonds is 4. The van der Waals surface area contributed by atoms with Crippen molar-refractivity contribution < 1.29 is 0 Å². The van der Waals surface area contributed by atoms with Gasteiger partial charge in [-0.3, -0.25) is 4.90 Å². The molecule has 0 bridgehead atoms. The highest BCUT2D eigenvalue weighted by Crippen LogP contribution is 2.12. The average Bonchev–Trinajstić information content (AvgIpc) is 2.27. The summed E-state index contributed by atoms with van der Waals surface area (Å²) in [7, 11) is 0. The molecule has 2 N–H and O–H groups in total. The lowest BCUT2D eigenvalue weighted by Crippen LogP contribution is -2.51. The molecule has 0 aromatic rings. The molecule has 0 aliphatic carbocycles. The molecule has 1 rings (SSSR count). The van der Waals surface area contributed by atoms with Gasteiger partial charge in [0.25, 0.3) is 0 Å². The Morgan fingerprint density at radius 3 is 2.14 bits per heavy atom. The van der Waals surface area contributed by atoms with E-state index in [2.05, 4.69) is 30.6 Å². The van der Waals surface area contributed by atoms with Gasteiger partial charge in [0.2, 0.25) is 0 Å². The van der Waals surface area contributed by atoms with E-state index < -0.39 is 0 Å². The minimum Gasteiger partial charge on any atom is -0.330 e. The molecule has 0 spiro atoms. The van der Waals surface area contributed by atoms with Gasteiger partial charge in [-0.1, -0.05) is 13.8 Å². The van der Waals surface area contributed by atoms with Crippen molar-refractivity contribution in [3.63, 3.8) is 0 Å². The monoisotopic (exact) mass is 199 g/mol. The third kappa shape index (κ3) is 2.94.